The largest absolute Gasteiger partial charge is 0.324 e. The Kier molecular flexibility index (Phi) is 2.62. The molecule has 84 valence electrons. The number of carbonyl (C=O) groups is 2. The third-order valence-corrected chi connectivity index (χ3v) is 2.44. The Bertz CT molecular complexity index is 455. The highest BCUT2D eigenvalue weighted by atomic mass is 16.2. The van der Waals surface area contributed by atoms with Gasteiger partial charge in [-0.25, -0.2) is 0 Å². The Morgan fingerprint density at radius 3 is 2.44 bits per heavy atom. The van der Waals surface area contributed by atoms with E-state index >= 15 is 0 Å². The summed E-state index contributed by atoms with van der Waals surface area (Å²) in [5.41, 5.74) is 7.87. The average Bonchev–Trinajstić information content (AvgIpc) is 2.32. The van der Waals surface area contributed by atoms with Crippen LogP contribution in [0.4, 0.5) is 11.4 Å². The van der Waals surface area contributed by atoms with E-state index in [1.807, 2.05) is 13.0 Å². The lowest BCUT2D eigenvalue weighted by Gasteiger charge is -2.11. The van der Waals surface area contributed by atoms with Crippen LogP contribution in [0, 0.1) is 0 Å². The summed E-state index contributed by atoms with van der Waals surface area (Å²) in [6, 6.07) is 5.25. The second-order valence-electron chi connectivity index (χ2n) is 3.87. The van der Waals surface area contributed by atoms with Crippen LogP contribution in [0.3, 0.4) is 0 Å². The standard InChI is InChI=1S/C11H13N3O2/c1-6(12)7-2-3-8-9(4-7)14-11(16)5-10(15)13-8/h2-4,6H,5,12H2,1H3,(H,13,15)(H,14,16)/t6-/m1/s1. The van der Waals surface area contributed by atoms with Gasteiger partial charge in [0.25, 0.3) is 0 Å². The van der Waals surface area contributed by atoms with E-state index in [0.717, 1.165) is 5.56 Å². The van der Waals surface area contributed by atoms with E-state index in [2.05, 4.69) is 10.6 Å². The highest BCUT2D eigenvalue weighted by Gasteiger charge is 2.18. The Morgan fingerprint density at radius 2 is 1.81 bits per heavy atom. The predicted octanol–water partition coefficient (Wildman–Crippen LogP) is 0.987. The van der Waals surface area contributed by atoms with Gasteiger partial charge >= 0.3 is 0 Å². The van der Waals surface area contributed by atoms with Crippen molar-refractivity contribution in [2.75, 3.05) is 10.6 Å². The SMILES string of the molecule is C[C@@H](N)c1ccc2c(c1)NC(=O)CC(=O)N2. The van der Waals surface area contributed by atoms with E-state index in [9.17, 15) is 9.59 Å². The predicted molar refractivity (Wildman–Crippen MR) is 60.9 cm³/mol. The quantitative estimate of drug-likeness (QED) is 0.616. The lowest BCUT2D eigenvalue weighted by molar-refractivity contribution is -0.123. The molecule has 1 aromatic rings. The van der Waals surface area contributed by atoms with Crippen molar-refractivity contribution in [3.63, 3.8) is 0 Å². The maximum absolute atomic E-state index is 11.3. The van der Waals surface area contributed by atoms with E-state index in [1.165, 1.54) is 0 Å². The van der Waals surface area contributed by atoms with Crippen LogP contribution in [0.5, 0.6) is 0 Å². The number of rotatable bonds is 1. The second kappa shape index (κ2) is 3.94. The summed E-state index contributed by atoms with van der Waals surface area (Å²) in [6.07, 6.45) is -0.151. The van der Waals surface area contributed by atoms with Crippen LogP contribution in [0.2, 0.25) is 0 Å². The van der Waals surface area contributed by atoms with E-state index in [0.29, 0.717) is 11.4 Å². The first-order chi connectivity index (χ1) is 7.56. The van der Waals surface area contributed by atoms with Crippen LogP contribution in [0.25, 0.3) is 0 Å². The lowest BCUT2D eigenvalue weighted by atomic mass is 10.1. The second-order valence-corrected chi connectivity index (χ2v) is 3.87. The topological polar surface area (TPSA) is 84.2 Å². The number of amides is 2. The molecule has 5 nitrogen and oxygen atoms in total. The van der Waals surface area contributed by atoms with Crippen LogP contribution < -0.4 is 16.4 Å². The summed E-state index contributed by atoms with van der Waals surface area (Å²) in [5.74, 6) is -0.608. The van der Waals surface area contributed by atoms with Gasteiger partial charge in [-0.1, -0.05) is 6.07 Å². The average molecular weight is 219 g/mol. The van der Waals surface area contributed by atoms with Gasteiger partial charge in [-0.2, -0.15) is 0 Å². The molecule has 0 aliphatic carbocycles. The summed E-state index contributed by atoms with van der Waals surface area (Å²) in [6.45, 7) is 1.86. The zero-order valence-corrected chi connectivity index (χ0v) is 8.91. The molecule has 4 N–H and O–H groups in total. The molecule has 16 heavy (non-hydrogen) atoms. The van der Waals surface area contributed by atoms with Crippen molar-refractivity contribution in [2.45, 2.75) is 19.4 Å². The first kappa shape index (κ1) is 10.6. The van der Waals surface area contributed by atoms with Crippen molar-refractivity contribution in [1.29, 1.82) is 0 Å². The molecular formula is C11H13N3O2. The first-order valence-corrected chi connectivity index (χ1v) is 5.05. The van der Waals surface area contributed by atoms with Crippen molar-refractivity contribution >= 4 is 23.2 Å². The summed E-state index contributed by atoms with van der Waals surface area (Å²) >= 11 is 0. The Labute approximate surface area is 93.0 Å². The molecule has 1 aliphatic rings. The van der Waals surface area contributed by atoms with E-state index in [4.69, 9.17) is 5.73 Å². The molecule has 0 spiro atoms. The van der Waals surface area contributed by atoms with Crippen LogP contribution >= 0.6 is 0 Å². The molecule has 0 bridgehead atoms. The fraction of sp³-hybridized carbons (Fsp3) is 0.273. The number of hydrogen-bond acceptors (Lipinski definition) is 3. The minimum Gasteiger partial charge on any atom is -0.324 e. The minimum absolute atomic E-state index is 0.110. The maximum Gasteiger partial charge on any atom is 0.233 e. The highest BCUT2D eigenvalue weighted by Crippen LogP contribution is 2.27. The Morgan fingerprint density at radius 1 is 1.19 bits per heavy atom. The fourth-order valence-corrected chi connectivity index (χ4v) is 1.59. The van der Waals surface area contributed by atoms with Gasteiger partial charge in [0.2, 0.25) is 11.8 Å². The third-order valence-electron chi connectivity index (χ3n) is 2.44. The number of anilines is 2. The number of benzene rings is 1. The van der Waals surface area contributed by atoms with Crippen molar-refractivity contribution < 1.29 is 9.59 Å². The molecule has 1 heterocycles. The number of hydrogen-bond donors (Lipinski definition) is 3. The van der Waals surface area contributed by atoms with Crippen LogP contribution in [-0.2, 0) is 9.59 Å². The number of nitrogens with one attached hydrogen (secondary N) is 2. The van der Waals surface area contributed by atoms with Gasteiger partial charge < -0.3 is 16.4 Å². The van der Waals surface area contributed by atoms with Gasteiger partial charge in [0.15, 0.2) is 0 Å². The minimum atomic E-state index is -0.307. The smallest absolute Gasteiger partial charge is 0.233 e. The van der Waals surface area contributed by atoms with Crippen molar-refractivity contribution in [2.24, 2.45) is 5.73 Å². The van der Waals surface area contributed by atoms with Gasteiger partial charge in [-0.15, -0.1) is 0 Å². The van der Waals surface area contributed by atoms with E-state index in [1.54, 1.807) is 12.1 Å². The summed E-state index contributed by atoms with van der Waals surface area (Å²) in [5, 5.41) is 5.33. The fourth-order valence-electron chi connectivity index (χ4n) is 1.59. The van der Waals surface area contributed by atoms with Crippen molar-refractivity contribution in [3.05, 3.63) is 23.8 Å². The molecule has 0 unspecified atom stereocenters. The zero-order valence-electron chi connectivity index (χ0n) is 8.91. The molecular weight excluding hydrogens is 206 g/mol. The van der Waals surface area contributed by atoms with Crippen LogP contribution in [0.1, 0.15) is 24.9 Å². The Hall–Kier alpha value is -1.88. The van der Waals surface area contributed by atoms with E-state index < -0.39 is 0 Å². The third kappa shape index (κ3) is 2.04. The maximum atomic E-state index is 11.3. The molecule has 2 amide bonds. The van der Waals surface area contributed by atoms with E-state index in [-0.39, 0.29) is 24.3 Å². The molecule has 5 heteroatoms. The number of carbonyl (C=O) groups excluding carboxylic acids is 2. The van der Waals surface area contributed by atoms with Gasteiger partial charge in [0.1, 0.15) is 6.42 Å². The normalized spacial score (nSPS) is 16.9. The van der Waals surface area contributed by atoms with Crippen molar-refractivity contribution in [3.8, 4) is 0 Å². The monoisotopic (exact) mass is 219 g/mol. The van der Waals surface area contributed by atoms with Crippen LogP contribution in [0.15, 0.2) is 18.2 Å². The summed E-state index contributed by atoms with van der Waals surface area (Å²) in [7, 11) is 0. The molecule has 0 aromatic heterocycles. The first-order valence-electron chi connectivity index (χ1n) is 5.05. The van der Waals surface area contributed by atoms with Gasteiger partial charge in [-0.3, -0.25) is 9.59 Å². The molecule has 0 radical (unpaired) electrons. The molecule has 1 aliphatic heterocycles. The molecule has 1 atom stereocenters. The van der Waals surface area contributed by atoms with Gasteiger partial charge in [0.05, 0.1) is 11.4 Å². The van der Waals surface area contributed by atoms with Gasteiger partial charge in [0, 0.05) is 6.04 Å². The molecule has 0 fully saturated rings. The van der Waals surface area contributed by atoms with Crippen LogP contribution in [-0.4, -0.2) is 11.8 Å². The van der Waals surface area contributed by atoms with Crippen molar-refractivity contribution in [1.82, 2.24) is 0 Å². The lowest BCUT2D eigenvalue weighted by Crippen LogP contribution is -2.16. The molecule has 0 saturated carbocycles. The number of fused-ring (bicyclic) bond motifs is 1. The Balaban J connectivity index is 2.42. The molecule has 0 saturated heterocycles. The highest BCUT2D eigenvalue weighted by molar-refractivity contribution is 6.13. The molecule has 2 rings (SSSR count). The van der Waals surface area contributed by atoms with Gasteiger partial charge in [-0.05, 0) is 24.6 Å². The molecule has 1 aromatic carbocycles. The number of nitrogens with two attached hydrogens (primary N) is 1. The zero-order chi connectivity index (χ0) is 11.7. The summed E-state index contributed by atoms with van der Waals surface area (Å²) in [4.78, 5) is 22.6. The summed E-state index contributed by atoms with van der Waals surface area (Å²) < 4.78 is 0.